The molecular weight excluding hydrogens is 412 g/mol. The Balaban J connectivity index is 1.88. The van der Waals surface area contributed by atoms with Gasteiger partial charge >= 0.3 is 6.16 Å². The van der Waals surface area contributed by atoms with E-state index in [2.05, 4.69) is 39.8 Å². The fourth-order valence-corrected chi connectivity index (χ4v) is 4.31. The van der Waals surface area contributed by atoms with Gasteiger partial charge in [0.15, 0.2) is 0 Å². The van der Waals surface area contributed by atoms with Crippen LogP contribution in [-0.4, -0.2) is 16.9 Å². The van der Waals surface area contributed by atoms with Gasteiger partial charge in [0, 0.05) is 0 Å². The number of carbonyl (C=O) groups excluding carboxylic acids is 1. The quantitative estimate of drug-likeness (QED) is 0.289. The second-order valence-corrected chi connectivity index (χ2v) is 10.9. The lowest BCUT2D eigenvalue weighted by Gasteiger charge is -2.23. The summed E-state index contributed by atoms with van der Waals surface area (Å²) in [6.45, 7) is 14.6. The lowest BCUT2D eigenvalue weighted by atomic mass is 9.82. The van der Waals surface area contributed by atoms with Crippen molar-refractivity contribution in [2.24, 2.45) is 11.8 Å². The zero-order valence-electron chi connectivity index (χ0n) is 21.4. The predicted molar refractivity (Wildman–Crippen MR) is 135 cm³/mol. The van der Waals surface area contributed by atoms with Crippen LogP contribution in [0, 0.1) is 11.8 Å². The van der Waals surface area contributed by atoms with Gasteiger partial charge in [-0.15, -0.1) is 0 Å². The standard InChI is InChI=1S/C29H42O4/c1-20(2)18-25(24-10-14-26(30)15-11-24)9-8-21(3)19-22(4)23-12-16-27(17-13-23)32-28(31)33-29(5,6)7/h10-17,20-22,25,30H,8-9,18-19H2,1-7H3. The summed E-state index contributed by atoms with van der Waals surface area (Å²) in [5.41, 5.74) is 2.00. The first kappa shape index (κ1) is 26.8. The maximum Gasteiger partial charge on any atom is 0.514 e. The molecule has 0 aliphatic rings. The van der Waals surface area contributed by atoms with Gasteiger partial charge in [-0.2, -0.15) is 0 Å². The number of hydrogen-bond acceptors (Lipinski definition) is 4. The number of phenols is 1. The van der Waals surface area contributed by atoms with Crippen LogP contribution in [0.5, 0.6) is 11.5 Å². The van der Waals surface area contributed by atoms with Gasteiger partial charge in [0.1, 0.15) is 17.1 Å². The number of hydrogen-bond donors (Lipinski definition) is 1. The summed E-state index contributed by atoms with van der Waals surface area (Å²) in [4.78, 5) is 11.8. The summed E-state index contributed by atoms with van der Waals surface area (Å²) in [5.74, 6) is 3.01. The molecule has 0 saturated carbocycles. The minimum absolute atomic E-state index is 0.326. The van der Waals surface area contributed by atoms with Crippen molar-refractivity contribution >= 4 is 6.16 Å². The van der Waals surface area contributed by atoms with E-state index in [1.165, 1.54) is 17.5 Å². The molecule has 0 spiro atoms. The van der Waals surface area contributed by atoms with E-state index in [0.29, 0.717) is 35.2 Å². The van der Waals surface area contributed by atoms with E-state index < -0.39 is 11.8 Å². The van der Waals surface area contributed by atoms with Crippen molar-refractivity contribution in [2.75, 3.05) is 0 Å². The maximum absolute atomic E-state index is 11.8. The van der Waals surface area contributed by atoms with Crippen LogP contribution in [0.25, 0.3) is 0 Å². The minimum Gasteiger partial charge on any atom is -0.508 e. The largest absolute Gasteiger partial charge is 0.514 e. The Kier molecular flexibility index (Phi) is 9.82. The summed E-state index contributed by atoms with van der Waals surface area (Å²) in [7, 11) is 0. The third-order valence-corrected chi connectivity index (χ3v) is 5.92. The monoisotopic (exact) mass is 454 g/mol. The van der Waals surface area contributed by atoms with E-state index in [1.54, 1.807) is 12.1 Å². The molecule has 4 nitrogen and oxygen atoms in total. The van der Waals surface area contributed by atoms with Crippen molar-refractivity contribution in [3.05, 3.63) is 59.7 Å². The summed E-state index contributed by atoms with van der Waals surface area (Å²) in [6.07, 6.45) is 3.91. The average Bonchev–Trinajstić information content (AvgIpc) is 2.70. The van der Waals surface area contributed by atoms with Crippen LogP contribution in [0.3, 0.4) is 0 Å². The number of aromatic hydroxyl groups is 1. The number of benzene rings is 2. The van der Waals surface area contributed by atoms with Crippen molar-refractivity contribution in [3.8, 4) is 11.5 Å². The second-order valence-electron chi connectivity index (χ2n) is 10.9. The molecule has 0 bridgehead atoms. The number of carbonyl (C=O) groups is 1. The molecule has 33 heavy (non-hydrogen) atoms. The van der Waals surface area contributed by atoms with Crippen LogP contribution in [0.4, 0.5) is 4.79 Å². The lowest BCUT2D eigenvalue weighted by molar-refractivity contribution is 0.0206. The molecule has 0 heterocycles. The molecule has 2 aromatic rings. The number of ether oxygens (including phenoxy) is 2. The Labute approximate surface area is 200 Å². The molecular formula is C29H42O4. The summed E-state index contributed by atoms with van der Waals surface area (Å²) < 4.78 is 10.5. The molecule has 0 saturated heterocycles. The Morgan fingerprint density at radius 2 is 1.42 bits per heavy atom. The molecule has 4 heteroatoms. The molecule has 2 aromatic carbocycles. The van der Waals surface area contributed by atoms with Gasteiger partial charge < -0.3 is 14.6 Å². The van der Waals surface area contributed by atoms with Gasteiger partial charge in [0.25, 0.3) is 0 Å². The van der Waals surface area contributed by atoms with E-state index in [1.807, 2.05) is 45.0 Å². The minimum atomic E-state index is -0.679. The average molecular weight is 455 g/mol. The van der Waals surface area contributed by atoms with Crippen molar-refractivity contribution in [3.63, 3.8) is 0 Å². The highest BCUT2D eigenvalue weighted by atomic mass is 16.7. The summed E-state index contributed by atoms with van der Waals surface area (Å²) >= 11 is 0. The highest BCUT2D eigenvalue weighted by Crippen LogP contribution is 2.33. The molecule has 0 aliphatic carbocycles. The molecule has 0 amide bonds. The van der Waals surface area contributed by atoms with E-state index >= 15 is 0 Å². The Morgan fingerprint density at radius 3 is 1.97 bits per heavy atom. The zero-order valence-corrected chi connectivity index (χ0v) is 21.4. The van der Waals surface area contributed by atoms with Gasteiger partial charge in [-0.25, -0.2) is 4.79 Å². The topological polar surface area (TPSA) is 55.8 Å². The Hall–Kier alpha value is -2.49. The predicted octanol–water partition coefficient (Wildman–Crippen LogP) is 8.45. The first-order valence-corrected chi connectivity index (χ1v) is 12.2. The number of phenolic OH excluding ortho intramolecular Hbond substituents is 1. The van der Waals surface area contributed by atoms with Crippen molar-refractivity contribution in [2.45, 2.75) is 91.6 Å². The molecule has 3 atom stereocenters. The maximum atomic E-state index is 11.8. The normalized spacial score (nSPS) is 14.5. The first-order valence-electron chi connectivity index (χ1n) is 12.2. The third-order valence-electron chi connectivity index (χ3n) is 5.92. The van der Waals surface area contributed by atoms with Crippen molar-refractivity contribution < 1.29 is 19.4 Å². The van der Waals surface area contributed by atoms with Crippen LogP contribution < -0.4 is 4.74 Å². The Morgan fingerprint density at radius 1 is 0.848 bits per heavy atom. The highest BCUT2D eigenvalue weighted by Gasteiger charge is 2.19. The second kappa shape index (κ2) is 12.1. The molecule has 3 unspecified atom stereocenters. The van der Waals surface area contributed by atoms with Crippen LogP contribution in [0.15, 0.2) is 48.5 Å². The van der Waals surface area contributed by atoms with Crippen LogP contribution in [0.1, 0.15) is 97.1 Å². The van der Waals surface area contributed by atoms with E-state index in [0.717, 1.165) is 19.3 Å². The van der Waals surface area contributed by atoms with Crippen molar-refractivity contribution in [1.82, 2.24) is 0 Å². The van der Waals surface area contributed by atoms with Crippen LogP contribution in [-0.2, 0) is 4.74 Å². The molecule has 1 N–H and O–H groups in total. The Bertz CT molecular complexity index is 847. The van der Waals surface area contributed by atoms with Crippen LogP contribution in [0.2, 0.25) is 0 Å². The summed E-state index contributed by atoms with van der Waals surface area (Å²) in [5, 5.41) is 9.62. The van der Waals surface area contributed by atoms with Gasteiger partial charge in [0.2, 0.25) is 0 Å². The smallest absolute Gasteiger partial charge is 0.508 e. The number of rotatable bonds is 10. The van der Waals surface area contributed by atoms with E-state index in [-0.39, 0.29) is 0 Å². The molecule has 0 fully saturated rings. The summed E-state index contributed by atoms with van der Waals surface area (Å²) in [6, 6.07) is 15.5. The first-order chi connectivity index (χ1) is 15.4. The van der Waals surface area contributed by atoms with Crippen molar-refractivity contribution in [1.29, 1.82) is 0 Å². The van der Waals surface area contributed by atoms with Gasteiger partial charge in [-0.1, -0.05) is 58.4 Å². The van der Waals surface area contributed by atoms with Gasteiger partial charge in [0.05, 0.1) is 0 Å². The molecule has 0 aromatic heterocycles. The fourth-order valence-electron chi connectivity index (χ4n) is 4.31. The lowest BCUT2D eigenvalue weighted by Crippen LogP contribution is -2.25. The zero-order chi connectivity index (χ0) is 24.6. The molecule has 182 valence electrons. The third kappa shape index (κ3) is 9.89. The van der Waals surface area contributed by atoms with Gasteiger partial charge in [-0.05, 0) is 99.1 Å². The molecule has 0 radical (unpaired) electrons. The van der Waals surface area contributed by atoms with E-state index in [9.17, 15) is 9.90 Å². The molecule has 0 aliphatic heterocycles. The van der Waals surface area contributed by atoms with Gasteiger partial charge in [-0.3, -0.25) is 0 Å². The SMILES string of the molecule is CC(C)CC(CCC(C)CC(C)c1ccc(OC(=O)OC(C)(C)C)cc1)c1ccc(O)cc1. The fraction of sp³-hybridized carbons (Fsp3) is 0.552. The highest BCUT2D eigenvalue weighted by molar-refractivity contribution is 5.64. The van der Waals surface area contributed by atoms with Crippen LogP contribution >= 0.6 is 0 Å². The molecule has 2 rings (SSSR count). The van der Waals surface area contributed by atoms with E-state index in [4.69, 9.17) is 9.47 Å².